The number of aliphatic carboxylic acids is 2. The van der Waals surface area contributed by atoms with E-state index in [9.17, 15) is 9.59 Å². The zero-order valence-corrected chi connectivity index (χ0v) is 16.2. The molecule has 26 heavy (non-hydrogen) atoms. The van der Waals surface area contributed by atoms with Crippen LogP contribution >= 0.6 is 11.6 Å². The van der Waals surface area contributed by atoms with E-state index in [-0.39, 0.29) is 11.1 Å². The van der Waals surface area contributed by atoms with Gasteiger partial charge in [-0.1, -0.05) is 17.7 Å². The molecule has 0 radical (unpaired) electrons. The molecule has 7 nitrogen and oxygen atoms in total. The summed E-state index contributed by atoms with van der Waals surface area (Å²) in [6, 6.07) is 6.11. The van der Waals surface area contributed by atoms with E-state index >= 15 is 0 Å². The van der Waals surface area contributed by atoms with E-state index in [1.807, 2.05) is 12.1 Å². The monoisotopic (exact) mass is 383 g/mol. The molecule has 0 aliphatic carbocycles. The summed E-state index contributed by atoms with van der Waals surface area (Å²) >= 11 is 5.91. The van der Waals surface area contributed by atoms with Gasteiger partial charge in [-0.05, 0) is 52.7 Å². The second kappa shape index (κ2) is 9.00. The van der Waals surface area contributed by atoms with Gasteiger partial charge in [0.25, 0.3) is 0 Å². The summed E-state index contributed by atoms with van der Waals surface area (Å²) in [5, 5.41) is 23.3. The Hall–Kier alpha value is -2.12. The first-order valence-corrected chi connectivity index (χ1v) is 8.59. The van der Waals surface area contributed by atoms with Crippen molar-refractivity contribution in [2.75, 3.05) is 5.32 Å². The van der Waals surface area contributed by atoms with Crippen LogP contribution in [-0.2, 0) is 9.59 Å². The normalized spacial score (nSPS) is 18.7. The number of nitrogens with zero attached hydrogens (tertiary/aromatic N) is 1. The number of anilines is 1. The van der Waals surface area contributed by atoms with E-state index in [0.717, 1.165) is 18.7 Å². The Balaban J connectivity index is 0.000000359. The number of halogens is 1. The number of nitrogens with one attached hydrogen (secondary N) is 2. The van der Waals surface area contributed by atoms with E-state index < -0.39 is 11.9 Å². The van der Waals surface area contributed by atoms with Crippen LogP contribution in [0.4, 0.5) is 5.82 Å². The van der Waals surface area contributed by atoms with Crippen LogP contribution in [0.1, 0.15) is 40.5 Å². The van der Waals surface area contributed by atoms with Gasteiger partial charge in [0.05, 0.1) is 0 Å². The third-order valence-electron chi connectivity index (χ3n) is 3.63. The molecule has 0 bridgehead atoms. The molecule has 4 N–H and O–H groups in total. The van der Waals surface area contributed by atoms with Crippen molar-refractivity contribution in [3.63, 3.8) is 0 Å². The highest BCUT2D eigenvalue weighted by Crippen LogP contribution is 2.30. The van der Waals surface area contributed by atoms with Crippen molar-refractivity contribution >= 4 is 29.4 Å². The van der Waals surface area contributed by atoms with E-state index in [4.69, 9.17) is 21.8 Å². The Bertz CT molecular complexity index is 642. The third-order valence-corrected chi connectivity index (χ3v) is 3.84. The Kier molecular flexibility index (Phi) is 7.59. The first-order chi connectivity index (χ1) is 11.9. The first-order valence-electron chi connectivity index (χ1n) is 8.21. The number of hydrogen-bond acceptors (Lipinski definition) is 5. The molecule has 8 heteroatoms. The predicted molar refractivity (Wildman–Crippen MR) is 102 cm³/mol. The summed E-state index contributed by atoms with van der Waals surface area (Å²) in [5.41, 5.74) is 0.274. The number of carboxylic acid groups (broad SMARTS) is 2. The van der Waals surface area contributed by atoms with Crippen LogP contribution in [0.3, 0.4) is 0 Å². The minimum atomic E-state index is -1.26. The highest BCUT2D eigenvalue weighted by molar-refractivity contribution is 6.29. The molecule has 1 saturated heterocycles. The number of rotatable bonds is 4. The minimum absolute atomic E-state index is 0.137. The number of hydrogen-bond donors (Lipinski definition) is 4. The lowest BCUT2D eigenvalue weighted by atomic mass is 9.79. The van der Waals surface area contributed by atoms with Crippen molar-refractivity contribution < 1.29 is 19.8 Å². The minimum Gasteiger partial charge on any atom is -0.478 e. The zero-order valence-electron chi connectivity index (χ0n) is 15.4. The molecular weight excluding hydrogens is 358 g/mol. The third kappa shape index (κ3) is 8.82. The summed E-state index contributed by atoms with van der Waals surface area (Å²) in [6.45, 7) is 8.98. The summed E-state index contributed by atoms with van der Waals surface area (Å²) in [4.78, 5) is 23.4. The van der Waals surface area contributed by atoms with Crippen molar-refractivity contribution in [2.45, 2.75) is 57.7 Å². The average molecular weight is 384 g/mol. The molecule has 0 spiro atoms. The maximum absolute atomic E-state index is 9.55. The standard InChI is InChI=1S/C14H22ClN3.C4H4O4/c1-13(2)8-10(9-14(3,4)18-13)16-12-7-5-6-11(15)17-12;5-3(6)1-2-4(7)8/h5-7,10,18H,8-9H2,1-4H3,(H,16,17);1-2H,(H,5,6)(H,7,8)/b;2-1+. The van der Waals surface area contributed by atoms with Gasteiger partial charge in [-0.25, -0.2) is 14.6 Å². The van der Waals surface area contributed by atoms with Crippen molar-refractivity contribution in [1.82, 2.24) is 10.3 Å². The molecule has 1 aromatic heterocycles. The molecule has 2 heterocycles. The van der Waals surface area contributed by atoms with Gasteiger partial charge in [-0.2, -0.15) is 0 Å². The molecule has 2 rings (SSSR count). The van der Waals surface area contributed by atoms with Gasteiger partial charge in [0.15, 0.2) is 0 Å². The summed E-state index contributed by atoms with van der Waals surface area (Å²) in [7, 11) is 0. The van der Waals surface area contributed by atoms with Crippen LogP contribution in [0.5, 0.6) is 0 Å². The Morgan fingerprint density at radius 1 is 1.15 bits per heavy atom. The number of carboxylic acids is 2. The molecule has 0 amide bonds. The number of carbonyl (C=O) groups is 2. The largest absolute Gasteiger partial charge is 0.478 e. The van der Waals surface area contributed by atoms with Gasteiger partial charge in [-0.15, -0.1) is 0 Å². The lowest BCUT2D eigenvalue weighted by Gasteiger charge is -2.46. The van der Waals surface area contributed by atoms with Crippen molar-refractivity contribution in [1.29, 1.82) is 0 Å². The molecule has 1 aliphatic rings. The summed E-state index contributed by atoms with van der Waals surface area (Å²) in [6.07, 6.45) is 3.26. The number of pyridine rings is 1. The fourth-order valence-corrected chi connectivity index (χ4v) is 3.43. The smallest absolute Gasteiger partial charge is 0.328 e. The highest BCUT2D eigenvalue weighted by atomic mass is 35.5. The van der Waals surface area contributed by atoms with Gasteiger partial charge in [0.2, 0.25) is 0 Å². The van der Waals surface area contributed by atoms with Crippen LogP contribution in [-0.4, -0.2) is 44.3 Å². The van der Waals surface area contributed by atoms with Crippen LogP contribution in [0.2, 0.25) is 5.15 Å². The van der Waals surface area contributed by atoms with Crippen molar-refractivity contribution in [2.24, 2.45) is 0 Å². The van der Waals surface area contributed by atoms with Crippen molar-refractivity contribution in [3.05, 3.63) is 35.5 Å². The van der Waals surface area contributed by atoms with Crippen LogP contribution in [0.15, 0.2) is 30.4 Å². The molecule has 0 atom stereocenters. The van der Waals surface area contributed by atoms with E-state index in [0.29, 0.717) is 23.3 Å². The van der Waals surface area contributed by atoms with Crippen LogP contribution in [0, 0.1) is 0 Å². The SMILES string of the molecule is CC1(C)CC(Nc2cccc(Cl)n2)CC(C)(C)N1.O=C(O)/C=C/C(=O)O. The molecular formula is C18H26ClN3O4. The first kappa shape index (κ1) is 21.9. The zero-order chi connectivity index (χ0) is 20.0. The van der Waals surface area contributed by atoms with Crippen LogP contribution < -0.4 is 10.6 Å². The maximum Gasteiger partial charge on any atom is 0.328 e. The Morgan fingerprint density at radius 3 is 2.08 bits per heavy atom. The molecule has 0 aromatic carbocycles. The molecule has 1 aromatic rings. The fourth-order valence-electron chi connectivity index (χ4n) is 3.26. The van der Waals surface area contributed by atoms with Gasteiger partial charge in [0, 0.05) is 29.3 Å². The van der Waals surface area contributed by atoms with Gasteiger partial charge >= 0.3 is 11.9 Å². The number of piperidine rings is 1. The summed E-state index contributed by atoms with van der Waals surface area (Å²) in [5.74, 6) is -1.65. The van der Waals surface area contributed by atoms with Crippen LogP contribution in [0.25, 0.3) is 0 Å². The highest BCUT2D eigenvalue weighted by Gasteiger charge is 2.37. The molecule has 0 saturated carbocycles. The molecule has 1 fully saturated rings. The van der Waals surface area contributed by atoms with E-state index in [1.165, 1.54) is 0 Å². The number of aromatic nitrogens is 1. The Labute approximate surface area is 158 Å². The Morgan fingerprint density at radius 2 is 1.65 bits per heavy atom. The average Bonchev–Trinajstić information content (AvgIpc) is 2.42. The lowest BCUT2D eigenvalue weighted by Crippen LogP contribution is -2.60. The predicted octanol–water partition coefficient (Wildman–Crippen LogP) is 3.17. The quantitative estimate of drug-likeness (QED) is 0.466. The molecule has 0 unspecified atom stereocenters. The molecule has 144 valence electrons. The second-order valence-corrected chi connectivity index (χ2v) is 7.88. The van der Waals surface area contributed by atoms with E-state index in [1.54, 1.807) is 6.07 Å². The fraction of sp³-hybridized carbons (Fsp3) is 0.500. The van der Waals surface area contributed by atoms with Gasteiger partial charge in [0.1, 0.15) is 11.0 Å². The topological polar surface area (TPSA) is 112 Å². The maximum atomic E-state index is 9.55. The lowest BCUT2D eigenvalue weighted by molar-refractivity contribution is -0.134. The van der Waals surface area contributed by atoms with Gasteiger partial charge in [-0.3, -0.25) is 0 Å². The second-order valence-electron chi connectivity index (χ2n) is 7.50. The summed E-state index contributed by atoms with van der Waals surface area (Å²) < 4.78 is 0. The van der Waals surface area contributed by atoms with E-state index in [2.05, 4.69) is 43.3 Å². The molecule has 1 aliphatic heterocycles. The van der Waals surface area contributed by atoms with Gasteiger partial charge < -0.3 is 20.8 Å². The van der Waals surface area contributed by atoms with Crippen molar-refractivity contribution in [3.8, 4) is 0 Å².